The van der Waals surface area contributed by atoms with Crippen LogP contribution < -0.4 is 0 Å². The Kier molecular flexibility index (Phi) is 7.49. The lowest BCUT2D eigenvalue weighted by molar-refractivity contribution is -0.284. The van der Waals surface area contributed by atoms with Crippen molar-refractivity contribution in [2.45, 2.75) is 30.7 Å². The number of hydrogen-bond donors (Lipinski definition) is 11. The minimum atomic E-state index is -2.22. The van der Waals surface area contributed by atoms with E-state index in [0.717, 1.165) is 0 Å². The van der Waals surface area contributed by atoms with Crippen molar-refractivity contribution < 1.29 is 89.5 Å². The molecule has 18 heteroatoms. The summed E-state index contributed by atoms with van der Waals surface area (Å²) in [5.74, 6) is -14.5. The lowest BCUT2D eigenvalue weighted by atomic mass is 9.91. The molecule has 45 heavy (non-hydrogen) atoms. The molecule has 1 fully saturated rings. The van der Waals surface area contributed by atoms with Crippen molar-refractivity contribution in [3.63, 3.8) is 0 Å². The number of fused-ring (bicyclic) bond motifs is 5. The highest BCUT2D eigenvalue weighted by Crippen LogP contribution is 2.53. The van der Waals surface area contributed by atoms with Crippen LogP contribution in [0.2, 0.25) is 0 Å². The number of hydrogen-bond acceptors (Lipinski definition) is 18. The van der Waals surface area contributed by atoms with Crippen LogP contribution >= 0.6 is 0 Å². The fraction of sp³-hybridized carbons (Fsp3) is 0.222. The summed E-state index contributed by atoms with van der Waals surface area (Å²) in [6.45, 7) is -0.947. The van der Waals surface area contributed by atoms with E-state index in [-0.39, 0.29) is 0 Å². The molecule has 18 nitrogen and oxygen atoms in total. The van der Waals surface area contributed by atoms with E-state index in [1.807, 2.05) is 0 Å². The highest BCUT2D eigenvalue weighted by atomic mass is 16.7. The van der Waals surface area contributed by atoms with Crippen LogP contribution in [0, 0.1) is 0 Å². The number of cyclic esters (lactones) is 1. The summed E-state index contributed by atoms with van der Waals surface area (Å²) in [6.07, 6.45) is -10.2. The van der Waals surface area contributed by atoms with Gasteiger partial charge in [-0.3, -0.25) is 0 Å². The zero-order valence-corrected chi connectivity index (χ0v) is 22.2. The lowest BCUT2D eigenvalue weighted by Crippen LogP contribution is -2.61. The van der Waals surface area contributed by atoms with Crippen molar-refractivity contribution in [1.82, 2.24) is 0 Å². The molecule has 11 N–H and O–H groups in total. The van der Waals surface area contributed by atoms with Gasteiger partial charge in [-0.2, -0.15) is 0 Å². The van der Waals surface area contributed by atoms with Gasteiger partial charge in [0, 0.05) is 11.1 Å². The van der Waals surface area contributed by atoms with Gasteiger partial charge in [-0.1, -0.05) is 0 Å². The van der Waals surface area contributed by atoms with Gasteiger partial charge >= 0.3 is 17.9 Å². The van der Waals surface area contributed by atoms with E-state index >= 15 is 0 Å². The number of aliphatic hydroxyl groups excluding tert-OH is 2. The maximum atomic E-state index is 13.5. The molecule has 5 rings (SSSR count). The molecule has 2 heterocycles. The first-order valence-corrected chi connectivity index (χ1v) is 12.5. The summed E-state index contributed by atoms with van der Waals surface area (Å²) < 4.78 is 20.8. The second-order valence-electron chi connectivity index (χ2n) is 9.79. The van der Waals surface area contributed by atoms with Gasteiger partial charge in [-0.15, -0.1) is 0 Å². The lowest BCUT2D eigenvalue weighted by Gasteiger charge is -2.41. The number of aliphatic hydroxyl groups is 2. The summed E-state index contributed by atoms with van der Waals surface area (Å²) in [4.78, 5) is 39.4. The number of phenolic OH excluding ortho intramolecular Hbond substituents is 9. The standard InChI is InChI=1S/C27H22O18/c28-9-1-6(2-10(29)16(9)32)24(39)45-27-22(38)23-19(35)13(43-27)5-42-25(40)7-3-11(30)17(33)20(36)14(7)15-8(26(41)44-23)4-12(31)18(34)21(15)37/h1-4,13,19,22-23,27-38H,5H2/t13-,19+,22-,23-,27+/m0/s1. The normalized spacial score (nSPS) is 22.9. The topological polar surface area (TPSA) is 311 Å². The molecule has 3 aromatic rings. The number of benzene rings is 3. The van der Waals surface area contributed by atoms with Crippen LogP contribution in [-0.4, -0.2) is 111 Å². The van der Waals surface area contributed by atoms with Gasteiger partial charge in [0.05, 0.1) is 16.7 Å². The van der Waals surface area contributed by atoms with E-state index in [4.69, 9.17) is 18.9 Å². The summed E-state index contributed by atoms with van der Waals surface area (Å²) >= 11 is 0. The second-order valence-corrected chi connectivity index (χ2v) is 9.79. The molecule has 0 radical (unpaired) electrons. The highest BCUT2D eigenvalue weighted by molar-refractivity contribution is 6.08. The fourth-order valence-electron chi connectivity index (χ4n) is 4.71. The summed E-state index contributed by atoms with van der Waals surface area (Å²) in [5, 5.41) is 113. The zero-order chi connectivity index (χ0) is 33.1. The van der Waals surface area contributed by atoms with Crippen LogP contribution in [0.1, 0.15) is 31.1 Å². The Balaban J connectivity index is 1.61. The van der Waals surface area contributed by atoms with E-state index in [9.17, 15) is 70.6 Å². The van der Waals surface area contributed by atoms with Crippen LogP contribution in [0.15, 0.2) is 24.3 Å². The number of aromatic hydroxyl groups is 9. The van der Waals surface area contributed by atoms with Gasteiger partial charge in [-0.05, 0) is 24.3 Å². The van der Waals surface area contributed by atoms with Gasteiger partial charge in [0.15, 0.2) is 52.5 Å². The fourth-order valence-corrected chi connectivity index (χ4v) is 4.71. The highest BCUT2D eigenvalue weighted by Gasteiger charge is 2.50. The maximum absolute atomic E-state index is 13.5. The minimum absolute atomic E-state index is 0.508. The van der Waals surface area contributed by atoms with Gasteiger partial charge in [0.2, 0.25) is 17.8 Å². The van der Waals surface area contributed by atoms with E-state index in [1.54, 1.807) is 0 Å². The third-order valence-electron chi connectivity index (χ3n) is 6.99. The predicted molar refractivity (Wildman–Crippen MR) is 139 cm³/mol. The van der Waals surface area contributed by atoms with E-state index in [0.29, 0.717) is 24.3 Å². The predicted octanol–water partition coefficient (Wildman–Crippen LogP) is -0.297. The van der Waals surface area contributed by atoms with Crippen LogP contribution in [0.25, 0.3) is 11.1 Å². The third kappa shape index (κ3) is 5.07. The molecule has 5 atom stereocenters. The molecule has 2 aliphatic heterocycles. The van der Waals surface area contributed by atoms with E-state index < -0.39 is 135 Å². The van der Waals surface area contributed by atoms with Crippen LogP contribution in [0.5, 0.6) is 51.7 Å². The number of phenols is 9. The third-order valence-corrected chi connectivity index (χ3v) is 6.99. The van der Waals surface area contributed by atoms with Crippen LogP contribution in [0.3, 0.4) is 0 Å². The number of esters is 3. The SMILES string of the molecule is O=C(O[C@H]1O[C@H]2COC(=O)c3cc(O)c(O)c(O)c3-c3c(cc(O)c(O)c3O)C(=O)O[C@H]([C@@H]1O)[C@@H]2O)c1cc(O)c(O)c(O)c1. The molecular formula is C27H22O18. The first kappa shape index (κ1) is 30.6. The molecule has 2 aliphatic rings. The Morgan fingerprint density at radius 1 is 0.667 bits per heavy atom. The molecule has 0 amide bonds. The monoisotopic (exact) mass is 634 g/mol. The molecule has 0 spiro atoms. The first-order chi connectivity index (χ1) is 21.1. The van der Waals surface area contributed by atoms with E-state index in [2.05, 4.69) is 0 Å². The van der Waals surface area contributed by atoms with Crippen molar-refractivity contribution in [3.05, 3.63) is 41.0 Å². The molecule has 0 aromatic heterocycles. The largest absolute Gasteiger partial charge is 0.504 e. The molecule has 238 valence electrons. The Labute approximate surface area is 248 Å². The molecule has 1 saturated heterocycles. The van der Waals surface area contributed by atoms with Gasteiger partial charge in [0.1, 0.15) is 18.8 Å². The average molecular weight is 634 g/mol. The minimum Gasteiger partial charge on any atom is -0.504 e. The quantitative estimate of drug-likeness (QED) is 0.0979. The molecule has 0 unspecified atom stereocenters. The Morgan fingerprint density at radius 3 is 1.69 bits per heavy atom. The smallest absolute Gasteiger partial charge is 0.340 e. The van der Waals surface area contributed by atoms with Crippen molar-refractivity contribution in [3.8, 4) is 62.9 Å². The second kappa shape index (κ2) is 11.0. The van der Waals surface area contributed by atoms with Crippen molar-refractivity contribution in [2.24, 2.45) is 0 Å². The molecule has 3 aromatic carbocycles. The van der Waals surface area contributed by atoms with Crippen LogP contribution in [0.4, 0.5) is 0 Å². The number of rotatable bonds is 2. The van der Waals surface area contributed by atoms with Gasteiger partial charge in [0.25, 0.3) is 0 Å². The average Bonchev–Trinajstić information content (AvgIpc) is 2.99. The molecule has 0 aliphatic carbocycles. The number of carbonyl (C=O) groups excluding carboxylic acids is 3. The van der Waals surface area contributed by atoms with Crippen molar-refractivity contribution in [1.29, 1.82) is 0 Å². The number of ether oxygens (including phenoxy) is 4. The Bertz CT molecular complexity index is 1730. The summed E-state index contributed by atoms with van der Waals surface area (Å²) in [7, 11) is 0. The summed E-state index contributed by atoms with van der Waals surface area (Å²) in [5.41, 5.74) is -4.12. The van der Waals surface area contributed by atoms with Crippen LogP contribution in [-0.2, 0) is 18.9 Å². The molecule has 0 saturated carbocycles. The Morgan fingerprint density at radius 2 is 1.16 bits per heavy atom. The van der Waals surface area contributed by atoms with E-state index in [1.165, 1.54) is 0 Å². The maximum Gasteiger partial charge on any atom is 0.340 e. The zero-order valence-electron chi connectivity index (χ0n) is 22.2. The number of carbonyl (C=O) groups is 3. The van der Waals surface area contributed by atoms with Gasteiger partial charge in [-0.25, -0.2) is 14.4 Å². The molecular weight excluding hydrogens is 612 g/mol. The molecule has 2 bridgehead atoms. The first-order valence-electron chi connectivity index (χ1n) is 12.5. The van der Waals surface area contributed by atoms with Crippen molar-refractivity contribution in [2.75, 3.05) is 6.61 Å². The summed E-state index contributed by atoms with van der Waals surface area (Å²) in [6, 6.07) is 2.45. The van der Waals surface area contributed by atoms with Crippen molar-refractivity contribution >= 4 is 17.9 Å². The van der Waals surface area contributed by atoms with Gasteiger partial charge < -0.3 is 75.1 Å². The Hall–Kier alpha value is -5.85.